The molecule has 0 atom stereocenters. The number of fused-ring (bicyclic) bond motifs is 3. The second-order valence-electron chi connectivity index (χ2n) is 7.12. The molecule has 0 unspecified atom stereocenters. The van der Waals surface area contributed by atoms with Crippen LogP contribution in [0.25, 0.3) is 10.9 Å². The molecule has 0 fully saturated rings. The topological polar surface area (TPSA) is 75.0 Å². The van der Waals surface area contributed by atoms with Gasteiger partial charge >= 0.3 is 0 Å². The van der Waals surface area contributed by atoms with Crippen molar-refractivity contribution in [3.8, 4) is 0 Å². The summed E-state index contributed by atoms with van der Waals surface area (Å²) in [6.07, 6.45) is 0.840. The average molecular weight is 404 g/mol. The first-order valence-corrected chi connectivity index (χ1v) is 10.6. The summed E-state index contributed by atoms with van der Waals surface area (Å²) >= 11 is 1.56. The molecular weight excluding hydrogens is 384 g/mol. The Labute approximate surface area is 172 Å². The molecule has 0 radical (unpaired) electrons. The van der Waals surface area contributed by atoms with E-state index in [2.05, 4.69) is 27.3 Å². The van der Waals surface area contributed by atoms with Crippen molar-refractivity contribution >= 4 is 28.6 Å². The van der Waals surface area contributed by atoms with E-state index in [0.717, 1.165) is 22.4 Å². The van der Waals surface area contributed by atoms with Crippen LogP contribution in [0.2, 0.25) is 0 Å². The van der Waals surface area contributed by atoms with Crippen molar-refractivity contribution in [2.24, 2.45) is 0 Å². The Bertz CT molecular complexity index is 1200. The third-order valence-electron chi connectivity index (χ3n) is 5.21. The normalized spacial score (nSPS) is 13.6. The lowest BCUT2D eigenvalue weighted by molar-refractivity contribution is 0.0731. The zero-order valence-electron chi connectivity index (χ0n) is 16.0. The lowest BCUT2D eigenvalue weighted by atomic mass is 10.0. The molecule has 6 nitrogen and oxygen atoms in total. The number of hydrogen-bond donors (Lipinski definition) is 1. The predicted molar refractivity (Wildman–Crippen MR) is 112 cm³/mol. The van der Waals surface area contributed by atoms with Gasteiger partial charge in [0.05, 0.1) is 11.3 Å². The van der Waals surface area contributed by atoms with Gasteiger partial charge < -0.3 is 14.4 Å². The Hall–Kier alpha value is -3.06. The molecule has 4 aromatic rings. The smallest absolute Gasteiger partial charge is 0.255 e. The van der Waals surface area contributed by atoms with Crippen LogP contribution in [-0.2, 0) is 18.7 Å². The van der Waals surface area contributed by atoms with Gasteiger partial charge in [-0.15, -0.1) is 11.8 Å². The molecule has 1 amide bonds. The predicted octanol–water partition coefficient (Wildman–Crippen LogP) is 4.35. The van der Waals surface area contributed by atoms with Gasteiger partial charge in [-0.2, -0.15) is 4.98 Å². The number of nitrogens with one attached hydrogen (secondary N) is 1. The Morgan fingerprint density at radius 2 is 2.03 bits per heavy atom. The SMILES string of the molecule is Cc1nc(CSc2ccccc2C(=O)N2CCc3[nH]c4ccccc4c3C2)no1. The fraction of sp³-hybridized carbons (Fsp3) is 0.227. The van der Waals surface area contributed by atoms with Crippen molar-refractivity contribution in [3.63, 3.8) is 0 Å². The molecule has 1 aliphatic heterocycles. The quantitative estimate of drug-likeness (QED) is 0.512. The van der Waals surface area contributed by atoms with E-state index in [1.54, 1.807) is 18.7 Å². The molecule has 2 aromatic heterocycles. The summed E-state index contributed by atoms with van der Waals surface area (Å²) in [4.78, 5) is 24.0. The number of aryl methyl sites for hydroxylation is 1. The number of H-pyrrole nitrogens is 1. The number of benzene rings is 2. The van der Waals surface area contributed by atoms with Crippen molar-refractivity contribution in [2.75, 3.05) is 6.54 Å². The Morgan fingerprint density at radius 1 is 1.21 bits per heavy atom. The fourth-order valence-electron chi connectivity index (χ4n) is 3.82. The van der Waals surface area contributed by atoms with Gasteiger partial charge in [-0.3, -0.25) is 4.79 Å². The summed E-state index contributed by atoms with van der Waals surface area (Å²) in [7, 11) is 0. The Balaban J connectivity index is 1.38. The van der Waals surface area contributed by atoms with E-state index < -0.39 is 0 Å². The summed E-state index contributed by atoms with van der Waals surface area (Å²) in [6.45, 7) is 3.11. The summed E-state index contributed by atoms with van der Waals surface area (Å²) < 4.78 is 5.03. The molecule has 0 bridgehead atoms. The third-order valence-corrected chi connectivity index (χ3v) is 6.28. The molecule has 29 heavy (non-hydrogen) atoms. The van der Waals surface area contributed by atoms with E-state index in [0.29, 0.717) is 30.6 Å². The number of aromatic nitrogens is 3. The molecule has 0 spiro atoms. The molecule has 0 saturated heterocycles. The number of rotatable bonds is 4. The van der Waals surface area contributed by atoms with Crippen LogP contribution in [0.3, 0.4) is 0 Å². The zero-order chi connectivity index (χ0) is 19.8. The van der Waals surface area contributed by atoms with Crippen LogP contribution in [-0.4, -0.2) is 32.5 Å². The average Bonchev–Trinajstić information content (AvgIpc) is 3.34. The third kappa shape index (κ3) is 3.42. The molecular formula is C22H20N4O2S. The molecule has 7 heteroatoms. The van der Waals surface area contributed by atoms with Crippen molar-refractivity contribution in [1.82, 2.24) is 20.0 Å². The highest BCUT2D eigenvalue weighted by atomic mass is 32.2. The molecule has 0 saturated carbocycles. The first-order chi connectivity index (χ1) is 14.2. The van der Waals surface area contributed by atoms with Crippen LogP contribution in [0.4, 0.5) is 0 Å². The van der Waals surface area contributed by atoms with Gasteiger partial charge in [-0.05, 0) is 18.2 Å². The summed E-state index contributed by atoms with van der Waals surface area (Å²) in [5.41, 5.74) is 4.33. The highest BCUT2D eigenvalue weighted by Crippen LogP contribution is 2.31. The van der Waals surface area contributed by atoms with Gasteiger partial charge in [0.25, 0.3) is 5.91 Å². The standard InChI is InChI=1S/C22H20N4O2S/c1-14-23-21(25-28-14)13-29-20-9-5-3-7-16(20)22(27)26-11-10-19-17(12-26)15-6-2-4-8-18(15)24-19/h2-9,24H,10-13H2,1H3. The van der Waals surface area contributed by atoms with E-state index in [9.17, 15) is 4.79 Å². The van der Waals surface area contributed by atoms with E-state index >= 15 is 0 Å². The van der Waals surface area contributed by atoms with Crippen LogP contribution in [0.5, 0.6) is 0 Å². The number of para-hydroxylation sites is 1. The van der Waals surface area contributed by atoms with Gasteiger partial charge in [0.2, 0.25) is 5.89 Å². The van der Waals surface area contributed by atoms with Crippen molar-refractivity contribution < 1.29 is 9.32 Å². The first-order valence-electron chi connectivity index (χ1n) is 9.58. The van der Waals surface area contributed by atoms with Gasteiger partial charge in [0, 0.05) is 53.5 Å². The highest BCUT2D eigenvalue weighted by molar-refractivity contribution is 7.98. The highest BCUT2D eigenvalue weighted by Gasteiger charge is 2.26. The molecule has 1 N–H and O–H groups in total. The van der Waals surface area contributed by atoms with Crippen molar-refractivity contribution in [1.29, 1.82) is 0 Å². The zero-order valence-corrected chi connectivity index (χ0v) is 16.8. The van der Waals surface area contributed by atoms with E-state index in [-0.39, 0.29) is 5.91 Å². The maximum Gasteiger partial charge on any atom is 0.255 e. The minimum absolute atomic E-state index is 0.0633. The van der Waals surface area contributed by atoms with Crippen molar-refractivity contribution in [3.05, 3.63) is 77.1 Å². The number of amides is 1. The van der Waals surface area contributed by atoms with E-state index in [1.807, 2.05) is 41.3 Å². The molecule has 0 aliphatic carbocycles. The molecule has 3 heterocycles. The lowest BCUT2D eigenvalue weighted by Crippen LogP contribution is -2.36. The summed E-state index contributed by atoms with van der Waals surface area (Å²) in [5.74, 6) is 1.81. The van der Waals surface area contributed by atoms with Crippen molar-refractivity contribution in [2.45, 2.75) is 30.5 Å². The number of nitrogens with zero attached hydrogens (tertiary/aromatic N) is 3. The fourth-order valence-corrected chi connectivity index (χ4v) is 4.71. The monoisotopic (exact) mass is 404 g/mol. The van der Waals surface area contributed by atoms with Crippen LogP contribution in [0, 0.1) is 6.92 Å². The molecule has 2 aromatic carbocycles. The lowest BCUT2D eigenvalue weighted by Gasteiger charge is -2.28. The largest absolute Gasteiger partial charge is 0.358 e. The number of carbonyl (C=O) groups excluding carboxylic acids is 1. The van der Waals surface area contributed by atoms with Crippen LogP contribution >= 0.6 is 11.8 Å². The van der Waals surface area contributed by atoms with Crippen LogP contribution in [0.1, 0.15) is 33.3 Å². The number of carbonyl (C=O) groups is 1. The maximum absolute atomic E-state index is 13.4. The Kier molecular flexibility index (Phi) is 4.60. The summed E-state index contributed by atoms with van der Waals surface area (Å²) in [6, 6.07) is 16.0. The molecule has 1 aliphatic rings. The van der Waals surface area contributed by atoms with E-state index in [4.69, 9.17) is 4.52 Å². The number of hydrogen-bond acceptors (Lipinski definition) is 5. The molecule has 146 valence electrons. The maximum atomic E-state index is 13.4. The van der Waals surface area contributed by atoms with Gasteiger partial charge in [-0.25, -0.2) is 0 Å². The molecule has 5 rings (SSSR count). The number of thioether (sulfide) groups is 1. The number of aromatic amines is 1. The second-order valence-corrected chi connectivity index (χ2v) is 8.14. The van der Waals surface area contributed by atoms with Gasteiger partial charge in [0.15, 0.2) is 5.82 Å². The Morgan fingerprint density at radius 3 is 2.90 bits per heavy atom. The van der Waals surface area contributed by atoms with E-state index in [1.165, 1.54) is 16.6 Å². The van der Waals surface area contributed by atoms with Crippen LogP contribution < -0.4 is 0 Å². The second kappa shape index (κ2) is 7.40. The first kappa shape index (κ1) is 18.0. The van der Waals surface area contributed by atoms with Gasteiger partial charge in [0.1, 0.15) is 0 Å². The minimum atomic E-state index is 0.0633. The van der Waals surface area contributed by atoms with Crippen LogP contribution in [0.15, 0.2) is 57.9 Å². The van der Waals surface area contributed by atoms with Gasteiger partial charge in [-0.1, -0.05) is 35.5 Å². The summed E-state index contributed by atoms with van der Waals surface area (Å²) in [5, 5.41) is 5.14. The minimum Gasteiger partial charge on any atom is -0.358 e.